The topological polar surface area (TPSA) is 67.2 Å². The van der Waals surface area contributed by atoms with Gasteiger partial charge in [-0.3, -0.25) is 4.79 Å². The first-order valence-corrected chi connectivity index (χ1v) is 7.03. The molecule has 1 aromatic rings. The zero-order valence-electron chi connectivity index (χ0n) is 10.2. The molecule has 1 fully saturated rings. The molecule has 0 saturated carbocycles. The van der Waals surface area contributed by atoms with Crippen molar-refractivity contribution in [2.75, 3.05) is 18.4 Å². The number of carbonyl (C=O) groups is 1. The fourth-order valence-corrected chi connectivity index (χ4v) is 2.79. The number of hydrogen-bond acceptors (Lipinski definition) is 3. The van der Waals surface area contributed by atoms with E-state index < -0.39 is 5.91 Å². The Morgan fingerprint density at radius 2 is 2.39 bits per heavy atom. The number of rotatable bonds is 5. The second-order valence-corrected chi connectivity index (χ2v) is 5.42. The molecule has 2 rings (SSSR count). The van der Waals surface area contributed by atoms with E-state index in [-0.39, 0.29) is 0 Å². The maximum Gasteiger partial charge on any atom is 0.249 e. The number of anilines is 1. The van der Waals surface area contributed by atoms with Gasteiger partial charge in [-0.2, -0.15) is 0 Å². The van der Waals surface area contributed by atoms with Crippen molar-refractivity contribution in [3.05, 3.63) is 28.2 Å². The van der Waals surface area contributed by atoms with Gasteiger partial charge in [-0.05, 0) is 59.9 Å². The van der Waals surface area contributed by atoms with Crippen molar-refractivity contribution in [2.24, 2.45) is 5.73 Å². The average Bonchev–Trinajstić information content (AvgIpc) is 2.81. The number of nitrogens with two attached hydrogens (primary N) is 1. The van der Waals surface area contributed by atoms with Crippen LogP contribution in [0.5, 0.6) is 0 Å². The number of carbonyl (C=O) groups excluding carboxylic acids is 1. The van der Waals surface area contributed by atoms with E-state index >= 15 is 0 Å². The summed E-state index contributed by atoms with van der Waals surface area (Å²) in [6.07, 6.45) is 3.67. The first kappa shape index (κ1) is 13.4. The van der Waals surface area contributed by atoms with Gasteiger partial charge in [0.25, 0.3) is 0 Å². The summed E-state index contributed by atoms with van der Waals surface area (Å²) >= 11 is 3.35. The summed E-state index contributed by atoms with van der Waals surface area (Å²) in [7, 11) is 0. The summed E-state index contributed by atoms with van der Waals surface area (Å²) in [5, 5.41) is 6.82. The number of hydrogen-bond donors (Lipinski definition) is 3. The van der Waals surface area contributed by atoms with E-state index in [2.05, 4.69) is 26.6 Å². The molecule has 0 radical (unpaired) electrons. The number of nitrogens with one attached hydrogen (secondary N) is 2. The van der Waals surface area contributed by atoms with E-state index in [9.17, 15) is 4.79 Å². The molecule has 1 amide bonds. The van der Waals surface area contributed by atoms with E-state index in [1.807, 2.05) is 12.1 Å². The fraction of sp³-hybridized carbons (Fsp3) is 0.462. The summed E-state index contributed by atoms with van der Waals surface area (Å²) in [6.45, 7) is 2.07. The molecule has 0 bridgehead atoms. The number of amides is 1. The summed E-state index contributed by atoms with van der Waals surface area (Å²) in [5.74, 6) is -0.413. The van der Waals surface area contributed by atoms with Gasteiger partial charge in [-0.1, -0.05) is 0 Å². The van der Waals surface area contributed by atoms with Gasteiger partial charge in [0.1, 0.15) is 0 Å². The summed E-state index contributed by atoms with van der Waals surface area (Å²) in [4.78, 5) is 11.1. The van der Waals surface area contributed by atoms with Crippen molar-refractivity contribution in [1.82, 2.24) is 5.32 Å². The molecule has 98 valence electrons. The van der Waals surface area contributed by atoms with E-state index in [0.717, 1.165) is 29.7 Å². The monoisotopic (exact) mass is 311 g/mol. The minimum Gasteiger partial charge on any atom is -0.385 e. The third kappa shape index (κ3) is 3.46. The maximum absolute atomic E-state index is 11.1. The zero-order chi connectivity index (χ0) is 13.0. The standard InChI is InChI=1S/C13H18BrN3O/c14-12-8-10(3-4-11(12)13(15)18)17-7-5-9-2-1-6-16-9/h3-4,8-9,16-17H,1-2,5-7H2,(H2,15,18)/t9-/m1/s1. The molecule has 0 spiro atoms. The lowest BCUT2D eigenvalue weighted by molar-refractivity contribution is 0.0999. The van der Waals surface area contributed by atoms with Gasteiger partial charge in [0.2, 0.25) is 5.91 Å². The van der Waals surface area contributed by atoms with E-state index in [4.69, 9.17) is 5.73 Å². The first-order valence-electron chi connectivity index (χ1n) is 6.23. The maximum atomic E-state index is 11.1. The molecule has 1 heterocycles. The van der Waals surface area contributed by atoms with Gasteiger partial charge in [0.05, 0.1) is 5.56 Å². The summed E-state index contributed by atoms with van der Waals surface area (Å²) < 4.78 is 0.735. The zero-order valence-corrected chi connectivity index (χ0v) is 11.8. The van der Waals surface area contributed by atoms with Gasteiger partial charge < -0.3 is 16.4 Å². The molecule has 1 aliphatic rings. The van der Waals surface area contributed by atoms with Crippen LogP contribution in [-0.2, 0) is 0 Å². The molecule has 18 heavy (non-hydrogen) atoms. The quantitative estimate of drug-likeness (QED) is 0.780. The van der Waals surface area contributed by atoms with Crippen molar-refractivity contribution < 1.29 is 4.79 Å². The average molecular weight is 312 g/mol. The highest BCUT2D eigenvalue weighted by Crippen LogP contribution is 2.21. The van der Waals surface area contributed by atoms with Crippen LogP contribution in [0.2, 0.25) is 0 Å². The fourth-order valence-electron chi connectivity index (χ4n) is 2.22. The van der Waals surface area contributed by atoms with Crippen LogP contribution in [-0.4, -0.2) is 25.0 Å². The van der Waals surface area contributed by atoms with Crippen molar-refractivity contribution in [3.8, 4) is 0 Å². The lowest BCUT2D eigenvalue weighted by atomic mass is 10.1. The van der Waals surface area contributed by atoms with Gasteiger partial charge in [0.15, 0.2) is 0 Å². The van der Waals surface area contributed by atoms with E-state index in [1.54, 1.807) is 6.07 Å². The van der Waals surface area contributed by atoms with Gasteiger partial charge >= 0.3 is 0 Å². The molecule has 1 atom stereocenters. The van der Waals surface area contributed by atoms with Crippen molar-refractivity contribution in [2.45, 2.75) is 25.3 Å². The SMILES string of the molecule is NC(=O)c1ccc(NCC[C@H]2CCCN2)cc1Br. The third-order valence-corrected chi connectivity index (χ3v) is 3.87. The Morgan fingerprint density at radius 1 is 1.56 bits per heavy atom. The number of benzene rings is 1. The minimum atomic E-state index is -0.413. The number of halogens is 1. The molecule has 4 N–H and O–H groups in total. The third-order valence-electron chi connectivity index (χ3n) is 3.22. The van der Waals surface area contributed by atoms with Crippen molar-refractivity contribution >= 4 is 27.5 Å². The largest absolute Gasteiger partial charge is 0.385 e. The molecule has 0 unspecified atom stereocenters. The minimum absolute atomic E-state index is 0.413. The molecule has 1 saturated heterocycles. The van der Waals surface area contributed by atoms with E-state index in [1.165, 1.54) is 12.8 Å². The number of primary amides is 1. The summed E-state index contributed by atoms with van der Waals surface area (Å²) in [6, 6.07) is 6.16. The first-order chi connectivity index (χ1) is 8.66. The molecule has 5 heteroatoms. The van der Waals surface area contributed by atoms with Crippen LogP contribution in [0.15, 0.2) is 22.7 Å². The Bertz CT molecular complexity index is 430. The molecule has 0 aliphatic carbocycles. The Hall–Kier alpha value is -1.07. The van der Waals surface area contributed by atoms with Crippen molar-refractivity contribution in [1.29, 1.82) is 0 Å². The normalized spacial score (nSPS) is 18.8. The second kappa shape index (κ2) is 6.20. The van der Waals surface area contributed by atoms with Crippen LogP contribution >= 0.6 is 15.9 Å². The lowest BCUT2D eigenvalue weighted by Crippen LogP contribution is -2.24. The van der Waals surface area contributed by atoms with Gasteiger partial charge in [-0.25, -0.2) is 0 Å². The Morgan fingerprint density at radius 3 is 3.00 bits per heavy atom. The smallest absolute Gasteiger partial charge is 0.249 e. The molecule has 1 aromatic carbocycles. The van der Waals surface area contributed by atoms with Crippen LogP contribution in [0.3, 0.4) is 0 Å². The molecule has 0 aromatic heterocycles. The van der Waals surface area contributed by atoms with Gasteiger partial charge in [-0.15, -0.1) is 0 Å². The van der Waals surface area contributed by atoms with Gasteiger partial charge in [0, 0.05) is 22.7 Å². The Kier molecular flexibility index (Phi) is 4.60. The Labute approximate surface area is 115 Å². The van der Waals surface area contributed by atoms with Crippen molar-refractivity contribution in [3.63, 3.8) is 0 Å². The summed E-state index contributed by atoms with van der Waals surface area (Å²) in [5.41, 5.74) is 6.77. The highest BCUT2D eigenvalue weighted by molar-refractivity contribution is 9.10. The van der Waals surface area contributed by atoms with E-state index in [0.29, 0.717) is 11.6 Å². The molecule has 4 nitrogen and oxygen atoms in total. The van der Waals surface area contributed by atoms with Crippen LogP contribution in [0.4, 0.5) is 5.69 Å². The van der Waals surface area contributed by atoms with Crippen LogP contribution in [0.25, 0.3) is 0 Å². The van der Waals surface area contributed by atoms with Crippen LogP contribution < -0.4 is 16.4 Å². The van der Waals surface area contributed by atoms with Crippen LogP contribution in [0.1, 0.15) is 29.6 Å². The second-order valence-electron chi connectivity index (χ2n) is 4.57. The molecule has 1 aliphatic heterocycles. The highest BCUT2D eigenvalue weighted by Gasteiger charge is 2.13. The Balaban J connectivity index is 1.85. The highest BCUT2D eigenvalue weighted by atomic mass is 79.9. The molecular formula is C13H18BrN3O. The lowest BCUT2D eigenvalue weighted by Gasteiger charge is -2.12. The predicted octanol–water partition coefficient (Wildman–Crippen LogP) is 2.10. The predicted molar refractivity (Wildman–Crippen MR) is 76.8 cm³/mol. The van der Waals surface area contributed by atoms with Crippen LogP contribution in [0, 0.1) is 0 Å². The molecular weight excluding hydrogens is 294 g/mol.